The lowest BCUT2D eigenvalue weighted by Gasteiger charge is -2.43. The van der Waals surface area contributed by atoms with E-state index in [0.717, 1.165) is 25.2 Å². The van der Waals surface area contributed by atoms with Crippen molar-refractivity contribution in [3.8, 4) is 0 Å². The number of aromatic nitrogens is 2. The van der Waals surface area contributed by atoms with Gasteiger partial charge < -0.3 is 15.1 Å². The lowest BCUT2D eigenvalue weighted by atomic mass is 10.1. The maximum atomic E-state index is 12.1. The fourth-order valence-electron chi connectivity index (χ4n) is 2.88. The standard InChI is InChI=1S/C13H19N5O2/c1-16-10(2-4-15-16)3-6-17-9-11-8-14-5-7-18(11)13(20)12(17)19/h2,4,11,14H,3,5-9H2,1H3. The van der Waals surface area contributed by atoms with Gasteiger partial charge in [-0.2, -0.15) is 5.10 Å². The van der Waals surface area contributed by atoms with E-state index in [1.54, 1.807) is 20.7 Å². The van der Waals surface area contributed by atoms with Crippen molar-refractivity contribution < 1.29 is 9.59 Å². The average molecular weight is 277 g/mol. The average Bonchev–Trinajstić information content (AvgIpc) is 2.87. The number of nitrogens with zero attached hydrogens (tertiary/aromatic N) is 4. The van der Waals surface area contributed by atoms with Gasteiger partial charge in [0.05, 0.1) is 6.04 Å². The molecule has 0 saturated carbocycles. The van der Waals surface area contributed by atoms with Gasteiger partial charge in [0.2, 0.25) is 0 Å². The summed E-state index contributed by atoms with van der Waals surface area (Å²) < 4.78 is 1.80. The molecule has 7 heteroatoms. The molecule has 0 aliphatic carbocycles. The number of fused-ring (bicyclic) bond motifs is 1. The fraction of sp³-hybridized carbons (Fsp3) is 0.615. The normalized spacial score (nSPS) is 23.1. The van der Waals surface area contributed by atoms with Crippen LogP contribution in [0.25, 0.3) is 0 Å². The topological polar surface area (TPSA) is 70.5 Å². The summed E-state index contributed by atoms with van der Waals surface area (Å²) in [6.45, 7) is 3.35. The van der Waals surface area contributed by atoms with E-state index < -0.39 is 0 Å². The maximum Gasteiger partial charge on any atom is 0.312 e. The first-order chi connectivity index (χ1) is 9.66. The summed E-state index contributed by atoms with van der Waals surface area (Å²) in [6, 6.07) is 2.05. The van der Waals surface area contributed by atoms with Gasteiger partial charge in [-0.3, -0.25) is 14.3 Å². The van der Waals surface area contributed by atoms with Gasteiger partial charge in [0.15, 0.2) is 0 Å². The molecule has 108 valence electrons. The molecule has 2 aliphatic rings. The zero-order valence-electron chi connectivity index (χ0n) is 11.6. The lowest BCUT2D eigenvalue weighted by molar-refractivity contribution is -0.159. The van der Waals surface area contributed by atoms with E-state index in [9.17, 15) is 9.59 Å². The van der Waals surface area contributed by atoms with Crippen LogP contribution >= 0.6 is 0 Å². The first kappa shape index (κ1) is 13.1. The first-order valence-electron chi connectivity index (χ1n) is 6.94. The number of hydrogen-bond donors (Lipinski definition) is 1. The molecule has 1 unspecified atom stereocenters. The number of carbonyl (C=O) groups is 2. The van der Waals surface area contributed by atoms with Crippen LogP contribution in [0.5, 0.6) is 0 Å². The van der Waals surface area contributed by atoms with Crippen molar-refractivity contribution in [3.05, 3.63) is 18.0 Å². The molecule has 1 atom stereocenters. The Morgan fingerprint density at radius 1 is 1.40 bits per heavy atom. The minimum atomic E-state index is -0.370. The predicted octanol–water partition coefficient (Wildman–Crippen LogP) is -1.39. The molecule has 2 saturated heterocycles. The predicted molar refractivity (Wildman–Crippen MR) is 71.9 cm³/mol. The highest BCUT2D eigenvalue weighted by molar-refractivity contribution is 6.35. The van der Waals surface area contributed by atoms with E-state index in [1.807, 2.05) is 13.1 Å². The van der Waals surface area contributed by atoms with Crippen molar-refractivity contribution in [1.82, 2.24) is 24.9 Å². The molecule has 7 nitrogen and oxygen atoms in total. The second kappa shape index (κ2) is 5.24. The number of piperazine rings is 2. The quantitative estimate of drug-likeness (QED) is 0.690. The SMILES string of the molecule is Cn1nccc1CCN1CC2CNCCN2C(=O)C1=O. The van der Waals surface area contributed by atoms with Crippen molar-refractivity contribution in [1.29, 1.82) is 0 Å². The molecule has 2 fully saturated rings. The third kappa shape index (κ3) is 2.29. The molecule has 1 aromatic heterocycles. The van der Waals surface area contributed by atoms with Crippen LogP contribution in [0.3, 0.4) is 0 Å². The van der Waals surface area contributed by atoms with Gasteiger partial charge in [0.1, 0.15) is 0 Å². The Bertz CT molecular complexity index is 527. The largest absolute Gasteiger partial charge is 0.332 e. The fourth-order valence-corrected chi connectivity index (χ4v) is 2.88. The molecule has 2 aliphatic heterocycles. The first-order valence-corrected chi connectivity index (χ1v) is 6.94. The van der Waals surface area contributed by atoms with Gasteiger partial charge in [-0.25, -0.2) is 0 Å². The third-order valence-electron chi connectivity index (χ3n) is 4.07. The molecule has 0 aromatic carbocycles. The van der Waals surface area contributed by atoms with Crippen LogP contribution in [-0.4, -0.2) is 70.2 Å². The Labute approximate surface area is 117 Å². The number of amides is 2. The molecule has 3 heterocycles. The van der Waals surface area contributed by atoms with Gasteiger partial charge >= 0.3 is 11.8 Å². The zero-order chi connectivity index (χ0) is 14.1. The van der Waals surface area contributed by atoms with Gasteiger partial charge in [0, 0.05) is 58.1 Å². The van der Waals surface area contributed by atoms with Crippen LogP contribution in [0.1, 0.15) is 5.69 Å². The Morgan fingerprint density at radius 2 is 2.25 bits per heavy atom. The van der Waals surface area contributed by atoms with Crippen molar-refractivity contribution in [2.24, 2.45) is 7.05 Å². The monoisotopic (exact) mass is 277 g/mol. The van der Waals surface area contributed by atoms with E-state index in [4.69, 9.17) is 0 Å². The minimum Gasteiger partial charge on any atom is -0.332 e. The summed E-state index contributed by atoms with van der Waals surface area (Å²) in [7, 11) is 1.88. The van der Waals surface area contributed by atoms with Crippen molar-refractivity contribution in [2.45, 2.75) is 12.5 Å². The number of hydrogen-bond acceptors (Lipinski definition) is 4. The van der Waals surface area contributed by atoms with E-state index in [0.29, 0.717) is 19.6 Å². The van der Waals surface area contributed by atoms with Crippen LogP contribution in [0.2, 0.25) is 0 Å². The molecule has 2 amide bonds. The van der Waals surface area contributed by atoms with E-state index >= 15 is 0 Å². The number of nitrogens with one attached hydrogen (secondary N) is 1. The third-order valence-corrected chi connectivity index (χ3v) is 4.07. The van der Waals surface area contributed by atoms with Crippen molar-refractivity contribution in [3.63, 3.8) is 0 Å². The smallest absolute Gasteiger partial charge is 0.312 e. The summed E-state index contributed by atoms with van der Waals surface area (Å²) >= 11 is 0. The summed E-state index contributed by atoms with van der Waals surface area (Å²) in [5, 5.41) is 7.38. The Hall–Kier alpha value is -1.89. The summed E-state index contributed by atoms with van der Waals surface area (Å²) in [5.41, 5.74) is 1.06. The van der Waals surface area contributed by atoms with Crippen LogP contribution in [0.15, 0.2) is 12.3 Å². The Kier molecular flexibility index (Phi) is 3.43. The molecule has 1 aromatic rings. The van der Waals surface area contributed by atoms with Gasteiger partial charge in [-0.15, -0.1) is 0 Å². The van der Waals surface area contributed by atoms with Crippen LogP contribution in [0, 0.1) is 0 Å². The minimum absolute atomic E-state index is 0.112. The molecular formula is C13H19N5O2. The molecule has 1 N–H and O–H groups in total. The van der Waals surface area contributed by atoms with Gasteiger partial charge in [0.25, 0.3) is 0 Å². The highest BCUT2D eigenvalue weighted by Crippen LogP contribution is 2.14. The molecule has 0 bridgehead atoms. The van der Waals surface area contributed by atoms with Crippen molar-refractivity contribution in [2.75, 3.05) is 32.7 Å². The summed E-state index contributed by atoms with van der Waals surface area (Å²) in [5.74, 6) is -0.724. The Balaban J connectivity index is 1.66. The number of carbonyl (C=O) groups excluding carboxylic acids is 2. The highest BCUT2D eigenvalue weighted by Gasteiger charge is 2.39. The van der Waals surface area contributed by atoms with Gasteiger partial charge in [-0.05, 0) is 6.07 Å². The van der Waals surface area contributed by atoms with Crippen LogP contribution in [0.4, 0.5) is 0 Å². The molecule has 20 heavy (non-hydrogen) atoms. The second-order valence-corrected chi connectivity index (χ2v) is 5.30. The molecule has 0 spiro atoms. The highest BCUT2D eigenvalue weighted by atomic mass is 16.2. The van der Waals surface area contributed by atoms with Crippen molar-refractivity contribution >= 4 is 11.8 Å². The van der Waals surface area contributed by atoms with Gasteiger partial charge in [-0.1, -0.05) is 0 Å². The summed E-state index contributed by atoms with van der Waals surface area (Å²) in [4.78, 5) is 27.6. The Morgan fingerprint density at radius 3 is 3.00 bits per heavy atom. The van der Waals surface area contributed by atoms with E-state index in [1.165, 1.54) is 0 Å². The second-order valence-electron chi connectivity index (χ2n) is 5.30. The molecule has 3 rings (SSSR count). The van der Waals surface area contributed by atoms with E-state index in [-0.39, 0.29) is 17.9 Å². The lowest BCUT2D eigenvalue weighted by Crippen LogP contribution is -2.65. The molecular weight excluding hydrogens is 258 g/mol. The maximum absolute atomic E-state index is 12.1. The van der Waals surface area contributed by atoms with Crippen LogP contribution in [-0.2, 0) is 23.1 Å². The molecule has 0 radical (unpaired) electrons. The summed E-state index contributed by atoms with van der Waals surface area (Å²) in [6.07, 6.45) is 2.46. The zero-order valence-corrected chi connectivity index (χ0v) is 11.6. The number of rotatable bonds is 3. The van der Waals surface area contributed by atoms with Crippen LogP contribution < -0.4 is 5.32 Å². The number of aryl methyl sites for hydroxylation is 1. The van der Waals surface area contributed by atoms with E-state index in [2.05, 4.69) is 10.4 Å².